The highest BCUT2D eigenvalue weighted by atomic mass is 16.1. The molecule has 0 unspecified atom stereocenters. The third-order valence-corrected chi connectivity index (χ3v) is 2.88. The molecule has 0 spiro atoms. The molecule has 0 radical (unpaired) electrons. The van der Waals surface area contributed by atoms with E-state index in [1.54, 1.807) is 19.1 Å². The molecule has 0 aliphatic rings. The summed E-state index contributed by atoms with van der Waals surface area (Å²) in [7, 11) is 3.92. The largest absolute Gasteiger partial charge is 0.378 e. The predicted octanol–water partition coefficient (Wildman–Crippen LogP) is 2.44. The maximum absolute atomic E-state index is 11.2. The highest BCUT2D eigenvalue weighted by molar-refractivity contribution is 5.97. The van der Waals surface area contributed by atoms with Crippen molar-refractivity contribution >= 4 is 17.3 Å². The Labute approximate surface area is 121 Å². The van der Waals surface area contributed by atoms with E-state index in [1.165, 1.54) is 0 Å². The van der Waals surface area contributed by atoms with Gasteiger partial charge in [-0.3, -0.25) is 9.59 Å². The first kappa shape index (κ1) is 18.1. The van der Waals surface area contributed by atoms with Gasteiger partial charge >= 0.3 is 0 Å². The Kier molecular flexibility index (Phi) is 8.16. The van der Waals surface area contributed by atoms with Crippen LogP contribution in [0.2, 0.25) is 0 Å². The molecular formula is C16H24N2O2. The van der Waals surface area contributed by atoms with Gasteiger partial charge in [-0.25, -0.2) is 0 Å². The van der Waals surface area contributed by atoms with Gasteiger partial charge in [-0.1, -0.05) is 6.08 Å². The first-order chi connectivity index (χ1) is 9.33. The van der Waals surface area contributed by atoms with Crippen molar-refractivity contribution in [3.05, 3.63) is 41.5 Å². The first-order valence-electron chi connectivity index (χ1n) is 6.48. The van der Waals surface area contributed by atoms with Crippen LogP contribution < -0.4 is 10.6 Å². The number of hydrogen-bond acceptors (Lipinski definition) is 4. The molecule has 20 heavy (non-hydrogen) atoms. The Morgan fingerprint density at radius 1 is 1.15 bits per heavy atom. The molecule has 2 N–H and O–H groups in total. The van der Waals surface area contributed by atoms with Crippen LogP contribution in [-0.4, -0.2) is 32.2 Å². The molecule has 0 aliphatic heterocycles. The molecule has 0 saturated carbocycles. The fourth-order valence-electron chi connectivity index (χ4n) is 1.27. The lowest BCUT2D eigenvalue weighted by Gasteiger charge is -2.12. The highest BCUT2D eigenvalue weighted by Crippen LogP contribution is 2.12. The number of carbonyl (C=O) groups is 2. The van der Waals surface area contributed by atoms with Crippen molar-refractivity contribution in [2.45, 2.75) is 20.8 Å². The van der Waals surface area contributed by atoms with Gasteiger partial charge in [-0.15, -0.1) is 0 Å². The summed E-state index contributed by atoms with van der Waals surface area (Å²) >= 11 is 0. The zero-order valence-electron chi connectivity index (χ0n) is 12.9. The zero-order valence-corrected chi connectivity index (χ0v) is 12.9. The van der Waals surface area contributed by atoms with E-state index in [2.05, 4.69) is 0 Å². The molecule has 1 aromatic carbocycles. The second-order valence-electron chi connectivity index (χ2n) is 4.60. The second-order valence-corrected chi connectivity index (χ2v) is 4.60. The SMILES string of the molecule is C/C=C(\C)C(C)=O.CN(C)c1ccc(C(=O)CN)cc1. The summed E-state index contributed by atoms with van der Waals surface area (Å²) < 4.78 is 0. The van der Waals surface area contributed by atoms with Crippen molar-refractivity contribution in [2.75, 3.05) is 25.5 Å². The Morgan fingerprint density at radius 2 is 1.65 bits per heavy atom. The normalized spacial score (nSPS) is 10.4. The van der Waals surface area contributed by atoms with Crippen molar-refractivity contribution in [2.24, 2.45) is 5.73 Å². The lowest BCUT2D eigenvalue weighted by atomic mass is 10.1. The van der Waals surface area contributed by atoms with E-state index < -0.39 is 0 Å². The minimum atomic E-state index is -0.0229. The topological polar surface area (TPSA) is 63.4 Å². The summed E-state index contributed by atoms with van der Waals surface area (Å²) in [6.07, 6.45) is 1.81. The maximum atomic E-state index is 11.2. The molecule has 0 saturated heterocycles. The minimum Gasteiger partial charge on any atom is -0.378 e. The number of ketones is 2. The van der Waals surface area contributed by atoms with Crippen molar-refractivity contribution in [3.8, 4) is 0 Å². The number of nitrogens with zero attached hydrogens (tertiary/aromatic N) is 1. The number of rotatable bonds is 4. The lowest BCUT2D eigenvalue weighted by molar-refractivity contribution is -0.113. The van der Waals surface area contributed by atoms with Gasteiger partial charge in [-0.2, -0.15) is 0 Å². The van der Waals surface area contributed by atoms with Crippen LogP contribution in [0.4, 0.5) is 5.69 Å². The molecule has 0 bridgehead atoms. The smallest absolute Gasteiger partial charge is 0.176 e. The van der Waals surface area contributed by atoms with E-state index >= 15 is 0 Å². The quantitative estimate of drug-likeness (QED) is 0.677. The molecule has 0 heterocycles. The summed E-state index contributed by atoms with van der Waals surface area (Å²) in [5.74, 6) is 0.132. The van der Waals surface area contributed by atoms with Gasteiger partial charge in [0.05, 0.1) is 6.54 Å². The third kappa shape index (κ3) is 6.29. The number of hydrogen-bond donors (Lipinski definition) is 1. The predicted molar refractivity (Wildman–Crippen MR) is 84.3 cm³/mol. The van der Waals surface area contributed by atoms with Crippen molar-refractivity contribution in [1.82, 2.24) is 0 Å². The Balaban J connectivity index is 0.000000441. The fraction of sp³-hybridized carbons (Fsp3) is 0.375. The molecule has 0 atom stereocenters. The van der Waals surface area contributed by atoms with Gasteiger partial charge in [-0.05, 0) is 50.6 Å². The Bertz CT molecular complexity index is 474. The fourth-order valence-corrected chi connectivity index (χ4v) is 1.27. The van der Waals surface area contributed by atoms with Crippen molar-refractivity contribution in [1.29, 1.82) is 0 Å². The minimum absolute atomic E-state index is 0.0229. The Morgan fingerprint density at radius 3 is 1.90 bits per heavy atom. The third-order valence-electron chi connectivity index (χ3n) is 2.88. The van der Waals surface area contributed by atoms with Crippen LogP contribution in [0.1, 0.15) is 31.1 Å². The number of carbonyl (C=O) groups excluding carboxylic acids is 2. The highest BCUT2D eigenvalue weighted by Gasteiger charge is 2.02. The second kappa shape index (κ2) is 9.04. The number of benzene rings is 1. The number of Topliss-reactive ketones (excluding diaryl/α,β-unsaturated/α-hetero) is 2. The van der Waals surface area contributed by atoms with E-state index in [9.17, 15) is 9.59 Å². The molecular weight excluding hydrogens is 252 g/mol. The van der Waals surface area contributed by atoms with Gasteiger partial charge in [0.25, 0.3) is 0 Å². The summed E-state index contributed by atoms with van der Waals surface area (Å²) in [4.78, 5) is 23.4. The molecule has 4 heteroatoms. The van der Waals surface area contributed by atoms with Crippen LogP contribution in [0.5, 0.6) is 0 Å². The molecule has 4 nitrogen and oxygen atoms in total. The molecule has 1 rings (SSSR count). The van der Waals surface area contributed by atoms with Gasteiger partial charge in [0.1, 0.15) is 0 Å². The summed E-state index contributed by atoms with van der Waals surface area (Å²) in [6, 6.07) is 7.40. The molecule has 0 amide bonds. The standard InChI is InChI=1S/C10H14N2O.C6H10O/c1-12(2)9-5-3-8(4-6-9)10(13)7-11;1-4-5(2)6(3)7/h3-6H,7,11H2,1-2H3;4H,1-3H3/b;5-4+. The van der Waals surface area contributed by atoms with Gasteiger partial charge in [0.2, 0.25) is 0 Å². The lowest BCUT2D eigenvalue weighted by Crippen LogP contribution is -2.14. The number of allylic oxidation sites excluding steroid dienone is 2. The molecule has 1 aromatic rings. The maximum Gasteiger partial charge on any atom is 0.176 e. The summed E-state index contributed by atoms with van der Waals surface area (Å²) in [5.41, 5.74) is 7.83. The van der Waals surface area contributed by atoms with Gasteiger partial charge < -0.3 is 10.6 Å². The summed E-state index contributed by atoms with van der Waals surface area (Å²) in [5, 5.41) is 0. The van der Waals surface area contributed by atoms with Crippen LogP contribution in [0.3, 0.4) is 0 Å². The molecule has 0 fully saturated rings. The summed E-state index contributed by atoms with van der Waals surface area (Å²) in [6.45, 7) is 5.30. The van der Waals surface area contributed by atoms with E-state index in [-0.39, 0.29) is 18.1 Å². The molecule has 0 aromatic heterocycles. The monoisotopic (exact) mass is 276 g/mol. The van der Waals surface area contributed by atoms with Crippen LogP contribution in [0, 0.1) is 0 Å². The van der Waals surface area contributed by atoms with E-state index in [4.69, 9.17) is 5.73 Å². The van der Waals surface area contributed by atoms with Crippen LogP contribution in [0.15, 0.2) is 35.9 Å². The van der Waals surface area contributed by atoms with Crippen LogP contribution in [-0.2, 0) is 4.79 Å². The van der Waals surface area contributed by atoms with Crippen LogP contribution in [0.25, 0.3) is 0 Å². The average molecular weight is 276 g/mol. The van der Waals surface area contributed by atoms with Gasteiger partial charge in [0.15, 0.2) is 11.6 Å². The van der Waals surface area contributed by atoms with E-state index in [0.29, 0.717) is 5.56 Å². The first-order valence-corrected chi connectivity index (χ1v) is 6.48. The van der Waals surface area contributed by atoms with Crippen molar-refractivity contribution in [3.63, 3.8) is 0 Å². The van der Waals surface area contributed by atoms with Crippen LogP contribution >= 0.6 is 0 Å². The molecule has 110 valence electrons. The van der Waals surface area contributed by atoms with Gasteiger partial charge in [0, 0.05) is 25.3 Å². The van der Waals surface area contributed by atoms with E-state index in [1.807, 2.05) is 51.1 Å². The zero-order chi connectivity index (χ0) is 15.7. The van der Waals surface area contributed by atoms with E-state index in [0.717, 1.165) is 11.3 Å². The number of nitrogens with two attached hydrogens (primary N) is 1. The number of anilines is 1. The average Bonchev–Trinajstić information content (AvgIpc) is 2.46. The Hall–Kier alpha value is -1.94. The molecule has 0 aliphatic carbocycles. The van der Waals surface area contributed by atoms with Crippen molar-refractivity contribution < 1.29 is 9.59 Å².